The van der Waals surface area contributed by atoms with E-state index in [0.29, 0.717) is 16.7 Å². The smallest absolute Gasteiger partial charge is 0.211 e. The van der Waals surface area contributed by atoms with Crippen molar-refractivity contribution in [2.45, 2.75) is 18.2 Å². The summed E-state index contributed by atoms with van der Waals surface area (Å²) in [5, 5.41) is 0. The first kappa shape index (κ1) is 22.9. The van der Waals surface area contributed by atoms with Crippen LogP contribution in [0.1, 0.15) is 27.8 Å². The van der Waals surface area contributed by atoms with Crippen molar-refractivity contribution in [3.05, 3.63) is 107 Å². The second-order valence-electron chi connectivity index (χ2n) is 6.89. The van der Waals surface area contributed by atoms with Crippen LogP contribution in [0.15, 0.2) is 98.8 Å². The predicted octanol–water partition coefficient (Wildman–Crippen LogP) is 3.74. The summed E-state index contributed by atoms with van der Waals surface area (Å²) < 4.78 is 0. The van der Waals surface area contributed by atoms with Crippen LogP contribution in [-0.4, -0.2) is 24.3 Å². The van der Waals surface area contributed by atoms with Crippen molar-refractivity contribution >= 4 is 24.3 Å². The molecule has 0 aliphatic heterocycles. The van der Waals surface area contributed by atoms with Gasteiger partial charge >= 0.3 is 0 Å². The van der Waals surface area contributed by atoms with Gasteiger partial charge in [-0.15, -0.1) is 0 Å². The van der Waals surface area contributed by atoms with Crippen LogP contribution in [0.4, 0.5) is 0 Å². The summed E-state index contributed by atoms with van der Waals surface area (Å²) in [6.45, 7) is 1.70. The maximum atomic E-state index is 11.6. The minimum absolute atomic E-state index is 0.169. The van der Waals surface area contributed by atoms with Gasteiger partial charge in [-0.3, -0.25) is 0 Å². The highest BCUT2D eigenvalue weighted by Crippen LogP contribution is 2.45. The molecular formula is C25H16N4O4. The molecule has 0 aliphatic carbocycles. The van der Waals surface area contributed by atoms with Gasteiger partial charge < -0.3 is 0 Å². The van der Waals surface area contributed by atoms with E-state index in [1.807, 2.05) is 0 Å². The number of hydrogen-bond acceptors (Lipinski definition) is 8. The summed E-state index contributed by atoms with van der Waals surface area (Å²) >= 11 is 0. The zero-order valence-corrected chi connectivity index (χ0v) is 17.4. The van der Waals surface area contributed by atoms with E-state index in [-0.39, 0.29) is 11.1 Å². The third kappa shape index (κ3) is 4.06. The molecule has 3 aromatic carbocycles. The van der Waals surface area contributed by atoms with Gasteiger partial charge in [0.15, 0.2) is 0 Å². The van der Waals surface area contributed by atoms with Crippen molar-refractivity contribution in [3.63, 3.8) is 0 Å². The van der Waals surface area contributed by atoms with Crippen LogP contribution in [0.5, 0.6) is 0 Å². The number of carbonyl (C=O) groups excluding carboxylic acids is 4. The molecule has 0 heterocycles. The number of aliphatic imine (C=N–C) groups is 4. The van der Waals surface area contributed by atoms with Gasteiger partial charge in [0.1, 0.15) is 0 Å². The first-order chi connectivity index (χ1) is 16.1. The SMILES string of the molecule is Cc1cccc(C(N=C=O)(N=C=O)c2ccccc2)c1C(N=C=O)(N=C=O)c1ccccc1. The van der Waals surface area contributed by atoms with Crippen molar-refractivity contribution in [2.24, 2.45) is 20.0 Å². The van der Waals surface area contributed by atoms with Crippen LogP contribution in [0.25, 0.3) is 0 Å². The zero-order valence-electron chi connectivity index (χ0n) is 17.4. The van der Waals surface area contributed by atoms with E-state index >= 15 is 0 Å². The summed E-state index contributed by atoms with van der Waals surface area (Å²) in [7, 11) is 0. The minimum Gasteiger partial charge on any atom is -0.211 e. The quantitative estimate of drug-likeness (QED) is 0.395. The van der Waals surface area contributed by atoms with E-state index in [4.69, 9.17) is 0 Å². The second kappa shape index (κ2) is 9.99. The third-order valence-electron chi connectivity index (χ3n) is 5.18. The molecule has 3 rings (SSSR count). The molecule has 0 amide bonds. The van der Waals surface area contributed by atoms with Gasteiger partial charge in [0.2, 0.25) is 35.6 Å². The Labute approximate surface area is 188 Å². The van der Waals surface area contributed by atoms with E-state index in [9.17, 15) is 19.2 Å². The zero-order chi connectivity index (χ0) is 23.7. The molecule has 160 valence electrons. The van der Waals surface area contributed by atoms with Crippen LogP contribution in [0.2, 0.25) is 0 Å². The summed E-state index contributed by atoms with van der Waals surface area (Å²) in [4.78, 5) is 61.9. The average Bonchev–Trinajstić information content (AvgIpc) is 2.84. The van der Waals surface area contributed by atoms with Crippen LogP contribution < -0.4 is 0 Å². The minimum atomic E-state index is -1.93. The third-order valence-corrected chi connectivity index (χ3v) is 5.18. The van der Waals surface area contributed by atoms with Gasteiger partial charge in [-0.2, -0.15) is 20.0 Å². The molecule has 33 heavy (non-hydrogen) atoms. The summed E-state index contributed by atoms with van der Waals surface area (Å²) in [5.41, 5.74) is -2.27. The lowest BCUT2D eigenvalue weighted by Crippen LogP contribution is -2.32. The molecule has 0 aliphatic rings. The van der Waals surface area contributed by atoms with Gasteiger partial charge in [0.25, 0.3) is 0 Å². The van der Waals surface area contributed by atoms with Gasteiger partial charge in [0.05, 0.1) is 0 Å². The fourth-order valence-corrected chi connectivity index (χ4v) is 3.87. The maximum Gasteiger partial charge on any atom is 0.238 e. The number of isocyanates is 4. The Morgan fingerprint density at radius 2 is 0.970 bits per heavy atom. The Balaban J connectivity index is 2.59. The molecule has 0 atom stereocenters. The predicted molar refractivity (Wildman–Crippen MR) is 118 cm³/mol. The Morgan fingerprint density at radius 3 is 1.42 bits per heavy atom. The number of rotatable bonds is 8. The van der Waals surface area contributed by atoms with Gasteiger partial charge in [-0.1, -0.05) is 78.9 Å². The summed E-state index contributed by atoms with van der Waals surface area (Å²) in [6.07, 6.45) is 5.93. The standard InChI is InChI=1S/C25H16N4O4/c1-19-9-8-14-22(24(26-15-30,27-16-31)20-10-4-2-5-11-20)23(19)25(28-17-32,29-18-33)21-12-6-3-7-13-21/h2-14H,1H3. The fraction of sp³-hybridized carbons (Fsp3) is 0.120. The van der Waals surface area contributed by atoms with E-state index in [1.54, 1.807) is 85.8 Å². The molecule has 0 unspecified atom stereocenters. The lowest BCUT2D eigenvalue weighted by atomic mass is 9.79. The summed E-state index contributed by atoms with van der Waals surface area (Å²) in [6, 6.07) is 21.6. The monoisotopic (exact) mass is 436 g/mol. The van der Waals surface area contributed by atoms with E-state index in [0.717, 1.165) is 0 Å². The number of hydrogen-bond donors (Lipinski definition) is 0. The largest absolute Gasteiger partial charge is 0.238 e. The molecule has 0 spiro atoms. The van der Waals surface area contributed by atoms with Gasteiger partial charge in [0, 0.05) is 22.3 Å². The molecule has 0 saturated carbocycles. The van der Waals surface area contributed by atoms with Crippen LogP contribution in [0, 0.1) is 6.92 Å². The topological polar surface area (TPSA) is 118 Å². The van der Waals surface area contributed by atoms with Gasteiger partial charge in [-0.25, -0.2) is 19.2 Å². The van der Waals surface area contributed by atoms with Crippen molar-refractivity contribution in [1.82, 2.24) is 0 Å². The van der Waals surface area contributed by atoms with Crippen molar-refractivity contribution in [3.8, 4) is 0 Å². The molecule has 0 radical (unpaired) electrons. The van der Waals surface area contributed by atoms with Crippen LogP contribution >= 0.6 is 0 Å². The Kier molecular flexibility index (Phi) is 6.92. The molecule has 0 saturated heterocycles. The van der Waals surface area contributed by atoms with Crippen molar-refractivity contribution in [2.75, 3.05) is 0 Å². The number of benzene rings is 3. The first-order valence-corrected chi connectivity index (χ1v) is 9.67. The van der Waals surface area contributed by atoms with E-state index < -0.39 is 11.3 Å². The van der Waals surface area contributed by atoms with Crippen LogP contribution in [-0.2, 0) is 30.5 Å². The average molecular weight is 436 g/mol. The molecular weight excluding hydrogens is 420 g/mol. The number of aryl methyl sites for hydroxylation is 1. The van der Waals surface area contributed by atoms with Crippen molar-refractivity contribution < 1.29 is 19.2 Å². The molecule has 0 fully saturated rings. The Hall–Kier alpha value is -4.82. The lowest BCUT2D eigenvalue weighted by Gasteiger charge is -2.32. The van der Waals surface area contributed by atoms with Crippen LogP contribution in [0.3, 0.4) is 0 Å². The molecule has 0 aromatic heterocycles. The molecule has 0 N–H and O–H groups in total. The normalized spacial score (nSPS) is 13.5. The lowest BCUT2D eigenvalue weighted by molar-refractivity contribution is 0.484. The highest BCUT2D eigenvalue weighted by Gasteiger charge is 2.45. The van der Waals surface area contributed by atoms with Gasteiger partial charge in [-0.05, 0) is 12.5 Å². The Morgan fingerprint density at radius 1 is 0.545 bits per heavy atom. The second-order valence-corrected chi connectivity index (χ2v) is 6.89. The van der Waals surface area contributed by atoms with Crippen molar-refractivity contribution in [1.29, 1.82) is 0 Å². The maximum absolute atomic E-state index is 11.6. The fourth-order valence-electron chi connectivity index (χ4n) is 3.87. The molecule has 8 heteroatoms. The first-order valence-electron chi connectivity index (χ1n) is 9.67. The summed E-state index contributed by atoms with van der Waals surface area (Å²) in [5.74, 6) is 0. The van der Waals surface area contributed by atoms with E-state index in [2.05, 4.69) is 20.0 Å². The highest BCUT2D eigenvalue weighted by atomic mass is 16.1. The Bertz CT molecular complexity index is 1310. The molecule has 0 bridgehead atoms. The van der Waals surface area contributed by atoms with E-state index in [1.165, 1.54) is 24.3 Å². The number of nitrogens with zero attached hydrogens (tertiary/aromatic N) is 4. The highest BCUT2D eigenvalue weighted by molar-refractivity contribution is 5.59. The molecule has 3 aromatic rings. The molecule has 8 nitrogen and oxygen atoms in total.